The Morgan fingerprint density at radius 3 is 2.72 bits per heavy atom. The fraction of sp³-hybridized carbons (Fsp3) is 0.333. The van der Waals surface area contributed by atoms with Crippen LogP contribution >= 0.6 is 0 Å². The normalized spacial score (nSPS) is 11.3. The van der Waals surface area contributed by atoms with Crippen molar-refractivity contribution < 1.29 is 14.7 Å². The highest BCUT2D eigenvalue weighted by atomic mass is 16.4. The third-order valence-corrected chi connectivity index (χ3v) is 2.22. The maximum atomic E-state index is 11.6. The Kier molecular flexibility index (Phi) is 4.81. The first kappa shape index (κ1) is 13.6. The van der Waals surface area contributed by atoms with E-state index in [4.69, 9.17) is 10.4 Å². The lowest BCUT2D eigenvalue weighted by Crippen LogP contribution is -2.17. The second kappa shape index (κ2) is 6.35. The third-order valence-electron chi connectivity index (χ3n) is 2.22. The number of amides is 1. The predicted octanol–water partition coefficient (Wildman–Crippen LogP) is 1.39. The van der Waals surface area contributed by atoms with E-state index in [0.29, 0.717) is 5.69 Å². The van der Waals surface area contributed by atoms with Crippen LogP contribution in [0, 0.1) is 17.2 Å². The Labute approximate surface area is 104 Å². The van der Waals surface area contributed by atoms with E-state index in [1.807, 2.05) is 6.07 Å². The zero-order chi connectivity index (χ0) is 13.5. The van der Waals surface area contributed by atoms with Gasteiger partial charge in [-0.05, 0) is 18.1 Å². The number of hydrogen-bond donors (Lipinski definition) is 2. The summed E-state index contributed by atoms with van der Waals surface area (Å²) in [6.07, 6.45) is 1.48. The van der Waals surface area contributed by atoms with Crippen molar-refractivity contribution in [3.8, 4) is 6.07 Å². The molecule has 0 fully saturated rings. The molecule has 1 amide bonds. The van der Waals surface area contributed by atoms with Gasteiger partial charge in [-0.2, -0.15) is 5.26 Å². The topological polar surface area (TPSA) is 103 Å². The van der Waals surface area contributed by atoms with Gasteiger partial charge in [0, 0.05) is 12.8 Å². The number of anilines is 1. The van der Waals surface area contributed by atoms with Crippen LogP contribution in [-0.2, 0) is 9.59 Å². The number of nitrogens with one attached hydrogen (secondary N) is 1. The molecule has 0 saturated heterocycles. The molecule has 1 aromatic rings. The second-order valence-electron chi connectivity index (χ2n) is 4.00. The predicted molar refractivity (Wildman–Crippen MR) is 63.6 cm³/mol. The summed E-state index contributed by atoms with van der Waals surface area (Å²) < 4.78 is 0. The fourth-order valence-corrected chi connectivity index (χ4v) is 1.43. The molecule has 0 bridgehead atoms. The summed E-state index contributed by atoms with van der Waals surface area (Å²) in [5.41, 5.74) is 0.758. The van der Waals surface area contributed by atoms with Gasteiger partial charge in [-0.1, -0.05) is 6.92 Å². The van der Waals surface area contributed by atoms with Crippen LogP contribution in [0.15, 0.2) is 18.3 Å². The second-order valence-corrected chi connectivity index (χ2v) is 4.00. The molecule has 94 valence electrons. The van der Waals surface area contributed by atoms with Gasteiger partial charge < -0.3 is 10.4 Å². The Balaban J connectivity index is 2.49. The van der Waals surface area contributed by atoms with Crippen LogP contribution in [0.2, 0.25) is 0 Å². The monoisotopic (exact) mass is 247 g/mol. The first-order valence-corrected chi connectivity index (χ1v) is 5.39. The van der Waals surface area contributed by atoms with E-state index in [1.165, 1.54) is 12.3 Å². The van der Waals surface area contributed by atoms with Crippen molar-refractivity contribution in [2.45, 2.75) is 19.8 Å². The number of rotatable bonds is 5. The van der Waals surface area contributed by atoms with Crippen molar-refractivity contribution in [1.29, 1.82) is 5.26 Å². The molecule has 0 aliphatic heterocycles. The van der Waals surface area contributed by atoms with Crippen molar-refractivity contribution in [2.75, 3.05) is 5.32 Å². The van der Waals surface area contributed by atoms with Gasteiger partial charge in [0.2, 0.25) is 5.91 Å². The highest BCUT2D eigenvalue weighted by Crippen LogP contribution is 2.11. The van der Waals surface area contributed by atoms with Crippen molar-refractivity contribution in [1.82, 2.24) is 4.98 Å². The summed E-state index contributed by atoms with van der Waals surface area (Å²) in [4.78, 5) is 25.8. The van der Waals surface area contributed by atoms with E-state index in [2.05, 4.69) is 10.3 Å². The number of carbonyl (C=O) groups excluding carboxylic acids is 1. The molecule has 0 unspecified atom stereocenters. The molecule has 2 N–H and O–H groups in total. The number of carbonyl (C=O) groups is 2. The average molecular weight is 247 g/mol. The minimum atomic E-state index is -0.921. The van der Waals surface area contributed by atoms with Gasteiger partial charge in [0.1, 0.15) is 11.8 Å². The Morgan fingerprint density at radius 2 is 2.22 bits per heavy atom. The standard InChI is InChI=1S/C12H13N3O3/c1-8(5-12(17)18)4-11(16)15-10-3-2-9(6-13)14-7-10/h2-3,7-8H,4-5H2,1H3,(H,15,16)(H,17,18)/t8-/m1/s1. The zero-order valence-corrected chi connectivity index (χ0v) is 9.88. The van der Waals surface area contributed by atoms with Crippen LogP contribution in [0.3, 0.4) is 0 Å². The lowest BCUT2D eigenvalue weighted by atomic mass is 10.0. The summed E-state index contributed by atoms with van der Waals surface area (Å²) in [5, 5.41) is 19.7. The third kappa shape index (κ3) is 4.61. The van der Waals surface area contributed by atoms with Crippen molar-refractivity contribution in [3.05, 3.63) is 24.0 Å². The lowest BCUT2D eigenvalue weighted by molar-refractivity contribution is -0.138. The van der Waals surface area contributed by atoms with Gasteiger partial charge in [0.15, 0.2) is 0 Å². The molecule has 0 radical (unpaired) electrons. The summed E-state index contributed by atoms with van der Waals surface area (Å²) in [6, 6.07) is 4.94. The van der Waals surface area contributed by atoms with Gasteiger partial charge >= 0.3 is 5.97 Å². The number of pyridine rings is 1. The Morgan fingerprint density at radius 1 is 1.50 bits per heavy atom. The van der Waals surface area contributed by atoms with Gasteiger partial charge in [-0.25, -0.2) is 4.98 Å². The summed E-state index contributed by atoms with van der Waals surface area (Å²) in [6.45, 7) is 1.70. The number of aliphatic carboxylic acids is 1. The zero-order valence-electron chi connectivity index (χ0n) is 9.88. The molecule has 1 rings (SSSR count). The van der Waals surface area contributed by atoms with Crippen LogP contribution in [0.25, 0.3) is 0 Å². The maximum absolute atomic E-state index is 11.6. The van der Waals surface area contributed by atoms with E-state index in [1.54, 1.807) is 13.0 Å². The van der Waals surface area contributed by atoms with E-state index >= 15 is 0 Å². The number of aromatic nitrogens is 1. The van der Waals surface area contributed by atoms with Gasteiger partial charge in [0.05, 0.1) is 11.9 Å². The first-order valence-electron chi connectivity index (χ1n) is 5.39. The largest absolute Gasteiger partial charge is 0.481 e. The number of carboxylic acids is 1. The first-order chi connectivity index (χ1) is 8.51. The Hall–Kier alpha value is -2.42. The van der Waals surface area contributed by atoms with E-state index in [0.717, 1.165) is 0 Å². The molecule has 0 aliphatic carbocycles. The fourth-order valence-electron chi connectivity index (χ4n) is 1.43. The van der Waals surface area contributed by atoms with Crippen LogP contribution in [0.4, 0.5) is 5.69 Å². The smallest absolute Gasteiger partial charge is 0.303 e. The lowest BCUT2D eigenvalue weighted by Gasteiger charge is -2.09. The molecule has 0 aromatic carbocycles. The van der Waals surface area contributed by atoms with Crippen molar-refractivity contribution in [2.24, 2.45) is 5.92 Å². The van der Waals surface area contributed by atoms with Crippen molar-refractivity contribution in [3.63, 3.8) is 0 Å². The molecule has 1 atom stereocenters. The number of nitrogens with zero attached hydrogens (tertiary/aromatic N) is 2. The molecule has 1 heterocycles. The van der Waals surface area contributed by atoms with Crippen LogP contribution in [-0.4, -0.2) is 22.0 Å². The van der Waals surface area contributed by atoms with E-state index in [-0.39, 0.29) is 30.4 Å². The highest BCUT2D eigenvalue weighted by Gasteiger charge is 2.12. The quantitative estimate of drug-likeness (QED) is 0.818. The van der Waals surface area contributed by atoms with Crippen LogP contribution in [0.5, 0.6) is 0 Å². The van der Waals surface area contributed by atoms with Gasteiger partial charge in [-0.15, -0.1) is 0 Å². The molecule has 0 aliphatic rings. The summed E-state index contributed by atoms with van der Waals surface area (Å²) >= 11 is 0. The number of carboxylic acid groups (broad SMARTS) is 1. The molecular formula is C12H13N3O3. The average Bonchev–Trinajstić information content (AvgIpc) is 2.28. The van der Waals surface area contributed by atoms with Crippen LogP contribution < -0.4 is 5.32 Å². The number of hydrogen-bond acceptors (Lipinski definition) is 4. The van der Waals surface area contributed by atoms with Gasteiger partial charge in [0.25, 0.3) is 0 Å². The molecule has 6 heteroatoms. The molecule has 0 saturated carbocycles. The highest BCUT2D eigenvalue weighted by molar-refractivity contribution is 5.90. The molecular weight excluding hydrogens is 234 g/mol. The molecule has 1 aromatic heterocycles. The summed E-state index contributed by atoms with van der Waals surface area (Å²) in [5.74, 6) is -1.42. The number of nitriles is 1. The van der Waals surface area contributed by atoms with Crippen LogP contribution in [0.1, 0.15) is 25.5 Å². The van der Waals surface area contributed by atoms with E-state index in [9.17, 15) is 9.59 Å². The summed E-state index contributed by atoms with van der Waals surface area (Å²) in [7, 11) is 0. The molecule has 6 nitrogen and oxygen atoms in total. The SMILES string of the molecule is C[C@@H](CC(=O)O)CC(=O)Nc1ccc(C#N)nc1. The molecule has 18 heavy (non-hydrogen) atoms. The van der Waals surface area contributed by atoms with Crippen molar-refractivity contribution >= 4 is 17.6 Å². The van der Waals surface area contributed by atoms with Gasteiger partial charge in [-0.3, -0.25) is 9.59 Å². The molecule has 0 spiro atoms. The minimum absolute atomic E-state index is 0.0426. The Bertz CT molecular complexity index is 476. The minimum Gasteiger partial charge on any atom is -0.481 e. The van der Waals surface area contributed by atoms with E-state index < -0.39 is 5.97 Å². The maximum Gasteiger partial charge on any atom is 0.303 e.